The SMILES string of the molecule is Cn1c(=O)oc2ccc(C(N)C3(CO)CCC3)cc21. The molecule has 2 aromatic rings. The molecule has 1 fully saturated rings. The second-order valence-corrected chi connectivity index (χ2v) is 5.51. The Balaban J connectivity index is 2.05. The third kappa shape index (κ3) is 1.73. The van der Waals surface area contributed by atoms with Gasteiger partial charge in [0.1, 0.15) is 0 Å². The first-order chi connectivity index (χ1) is 9.07. The van der Waals surface area contributed by atoms with Crippen molar-refractivity contribution in [2.24, 2.45) is 18.2 Å². The van der Waals surface area contributed by atoms with Crippen molar-refractivity contribution >= 4 is 11.1 Å². The number of aliphatic hydroxyl groups excluding tert-OH is 1. The molecule has 1 unspecified atom stereocenters. The van der Waals surface area contributed by atoms with E-state index in [9.17, 15) is 9.90 Å². The normalized spacial score (nSPS) is 19.3. The zero-order valence-electron chi connectivity index (χ0n) is 10.9. The number of fused-ring (bicyclic) bond motifs is 1. The number of hydrogen-bond acceptors (Lipinski definition) is 4. The summed E-state index contributed by atoms with van der Waals surface area (Å²) in [6.07, 6.45) is 3.01. The average molecular weight is 262 g/mol. The molecule has 1 atom stereocenters. The lowest BCUT2D eigenvalue weighted by Crippen LogP contribution is -2.43. The van der Waals surface area contributed by atoms with Gasteiger partial charge >= 0.3 is 5.76 Å². The first-order valence-electron chi connectivity index (χ1n) is 6.53. The molecule has 0 spiro atoms. The molecule has 3 N–H and O–H groups in total. The highest BCUT2D eigenvalue weighted by atomic mass is 16.4. The second kappa shape index (κ2) is 4.21. The minimum absolute atomic E-state index is 0.108. The minimum Gasteiger partial charge on any atom is -0.408 e. The molecule has 1 heterocycles. The predicted octanol–water partition coefficient (Wildman–Crippen LogP) is 1.29. The zero-order valence-corrected chi connectivity index (χ0v) is 10.9. The van der Waals surface area contributed by atoms with E-state index < -0.39 is 0 Å². The van der Waals surface area contributed by atoms with Crippen LogP contribution in [-0.4, -0.2) is 16.3 Å². The van der Waals surface area contributed by atoms with E-state index in [1.807, 2.05) is 12.1 Å². The third-order valence-electron chi connectivity index (χ3n) is 4.50. The molecular weight excluding hydrogens is 244 g/mol. The molecule has 19 heavy (non-hydrogen) atoms. The summed E-state index contributed by atoms with van der Waals surface area (Å²) < 4.78 is 6.57. The molecule has 0 radical (unpaired) electrons. The Morgan fingerprint density at radius 3 is 2.84 bits per heavy atom. The van der Waals surface area contributed by atoms with Gasteiger partial charge in [-0.25, -0.2) is 4.79 Å². The van der Waals surface area contributed by atoms with Gasteiger partial charge in [-0.2, -0.15) is 0 Å². The van der Waals surface area contributed by atoms with Gasteiger partial charge in [-0.15, -0.1) is 0 Å². The maximum absolute atomic E-state index is 11.5. The van der Waals surface area contributed by atoms with Crippen LogP contribution in [0.25, 0.3) is 11.1 Å². The lowest BCUT2D eigenvalue weighted by Gasteiger charge is -2.45. The number of aromatic nitrogens is 1. The standard InChI is InChI=1S/C14H18N2O3/c1-16-10-7-9(3-4-11(10)19-13(16)18)12(15)14(8-17)5-2-6-14/h3-4,7,12,17H,2,5-6,8,15H2,1H3. The summed E-state index contributed by atoms with van der Waals surface area (Å²) in [5.41, 5.74) is 8.37. The van der Waals surface area contributed by atoms with Crippen LogP contribution in [0.2, 0.25) is 0 Å². The highest BCUT2D eigenvalue weighted by Gasteiger charge is 2.42. The molecule has 1 aromatic heterocycles. The molecule has 1 aromatic carbocycles. The van der Waals surface area contributed by atoms with Crippen molar-refractivity contribution in [1.82, 2.24) is 4.57 Å². The number of oxazole rings is 1. The topological polar surface area (TPSA) is 81.4 Å². The average Bonchev–Trinajstić information content (AvgIpc) is 2.64. The number of nitrogens with zero attached hydrogens (tertiary/aromatic N) is 1. The van der Waals surface area contributed by atoms with Crippen LogP contribution in [0, 0.1) is 5.41 Å². The smallest absolute Gasteiger partial charge is 0.408 e. The van der Waals surface area contributed by atoms with E-state index in [0.717, 1.165) is 30.3 Å². The molecule has 5 heteroatoms. The summed E-state index contributed by atoms with van der Waals surface area (Å²) in [5.74, 6) is -0.374. The summed E-state index contributed by atoms with van der Waals surface area (Å²) in [6.45, 7) is 0.108. The van der Waals surface area contributed by atoms with E-state index in [-0.39, 0.29) is 23.8 Å². The fourth-order valence-electron chi connectivity index (χ4n) is 2.89. The molecule has 3 rings (SSSR count). The fraction of sp³-hybridized carbons (Fsp3) is 0.500. The van der Waals surface area contributed by atoms with E-state index in [1.165, 1.54) is 4.57 Å². The molecule has 5 nitrogen and oxygen atoms in total. The molecule has 0 aliphatic heterocycles. The molecule has 0 saturated heterocycles. The monoisotopic (exact) mass is 262 g/mol. The van der Waals surface area contributed by atoms with E-state index in [4.69, 9.17) is 10.2 Å². The highest BCUT2D eigenvalue weighted by Crippen LogP contribution is 2.48. The molecular formula is C14H18N2O3. The molecule has 102 valence electrons. The van der Waals surface area contributed by atoms with Crippen LogP contribution >= 0.6 is 0 Å². The van der Waals surface area contributed by atoms with Crippen LogP contribution in [-0.2, 0) is 7.05 Å². The first-order valence-corrected chi connectivity index (χ1v) is 6.53. The Kier molecular flexibility index (Phi) is 2.76. The molecule has 0 amide bonds. The van der Waals surface area contributed by atoms with Crippen molar-refractivity contribution in [3.63, 3.8) is 0 Å². The summed E-state index contributed by atoms with van der Waals surface area (Å²) in [7, 11) is 1.68. The minimum atomic E-state index is -0.374. The Morgan fingerprint density at radius 1 is 1.53 bits per heavy atom. The molecule has 0 bridgehead atoms. The van der Waals surface area contributed by atoms with Gasteiger partial charge < -0.3 is 15.3 Å². The van der Waals surface area contributed by atoms with E-state index in [1.54, 1.807) is 13.1 Å². The van der Waals surface area contributed by atoms with Gasteiger partial charge in [-0.1, -0.05) is 12.5 Å². The zero-order chi connectivity index (χ0) is 13.6. The predicted molar refractivity (Wildman–Crippen MR) is 71.8 cm³/mol. The Labute approximate surface area is 110 Å². The summed E-state index contributed by atoms with van der Waals surface area (Å²) in [6, 6.07) is 5.34. The fourth-order valence-corrected chi connectivity index (χ4v) is 2.89. The van der Waals surface area contributed by atoms with Crippen molar-refractivity contribution in [3.05, 3.63) is 34.3 Å². The molecule has 1 aliphatic rings. The van der Waals surface area contributed by atoms with Gasteiger partial charge in [0.25, 0.3) is 0 Å². The number of aliphatic hydroxyl groups is 1. The van der Waals surface area contributed by atoms with Crippen LogP contribution in [0.1, 0.15) is 30.9 Å². The number of benzene rings is 1. The van der Waals surface area contributed by atoms with Crippen LogP contribution in [0.5, 0.6) is 0 Å². The van der Waals surface area contributed by atoms with Crippen molar-refractivity contribution in [1.29, 1.82) is 0 Å². The van der Waals surface area contributed by atoms with Gasteiger partial charge in [0.2, 0.25) is 0 Å². The van der Waals surface area contributed by atoms with Crippen molar-refractivity contribution in [2.75, 3.05) is 6.61 Å². The lowest BCUT2D eigenvalue weighted by molar-refractivity contribution is 0.0184. The van der Waals surface area contributed by atoms with Crippen LogP contribution < -0.4 is 11.5 Å². The maximum Gasteiger partial charge on any atom is 0.419 e. The van der Waals surface area contributed by atoms with Crippen molar-refractivity contribution in [2.45, 2.75) is 25.3 Å². The maximum atomic E-state index is 11.5. The quantitative estimate of drug-likeness (QED) is 0.873. The summed E-state index contributed by atoms with van der Waals surface area (Å²) in [4.78, 5) is 11.5. The van der Waals surface area contributed by atoms with Crippen molar-refractivity contribution in [3.8, 4) is 0 Å². The number of aryl methyl sites for hydroxylation is 1. The number of nitrogens with two attached hydrogens (primary N) is 1. The van der Waals surface area contributed by atoms with Crippen LogP contribution in [0.3, 0.4) is 0 Å². The second-order valence-electron chi connectivity index (χ2n) is 5.51. The summed E-state index contributed by atoms with van der Waals surface area (Å²) in [5, 5.41) is 9.59. The van der Waals surface area contributed by atoms with Gasteiger partial charge in [-0.05, 0) is 30.5 Å². The lowest BCUT2D eigenvalue weighted by atomic mass is 9.63. The highest BCUT2D eigenvalue weighted by molar-refractivity contribution is 5.73. The molecule has 1 saturated carbocycles. The largest absolute Gasteiger partial charge is 0.419 e. The van der Waals surface area contributed by atoms with Crippen molar-refractivity contribution < 1.29 is 9.52 Å². The van der Waals surface area contributed by atoms with Gasteiger partial charge in [0.05, 0.1) is 12.1 Å². The van der Waals surface area contributed by atoms with Gasteiger partial charge in [0.15, 0.2) is 5.58 Å². The van der Waals surface area contributed by atoms with Gasteiger partial charge in [-0.3, -0.25) is 4.57 Å². The summed E-state index contributed by atoms with van der Waals surface area (Å²) >= 11 is 0. The Bertz CT molecular complexity index is 661. The third-order valence-corrected chi connectivity index (χ3v) is 4.50. The van der Waals surface area contributed by atoms with Crippen LogP contribution in [0.15, 0.2) is 27.4 Å². The Morgan fingerprint density at radius 2 is 2.26 bits per heavy atom. The van der Waals surface area contributed by atoms with E-state index in [0.29, 0.717) is 5.58 Å². The Hall–Kier alpha value is -1.59. The first kappa shape index (κ1) is 12.4. The number of hydrogen-bond donors (Lipinski definition) is 2. The van der Waals surface area contributed by atoms with Crippen LogP contribution in [0.4, 0.5) is 0 Å². The van der Waals surface area contributed by atoms with E-state index >= 15 is 0 Å². The number of rotatable bonds is 3. The van der Waals surface area contributed by atoms with Gasteiger partial charge in [0, 0.05) is 18.5 Å². The molecule has 1 aliphatic carbocycles. The van der Waals surface area contributed by atoms with E-state index in [2.05, 4.69) is 0 Å².